The number of benzene rings is 1. The second-order valence-electron chi connectivity index (χ2n) is 5.04. The minimum absolute atomic E-state index is 0.00143. The molecule has 2 rings (SSSR count). The van der Waals surface area contributed by atoms with Crippen LogP contribution in [0.1, 0.15) is 31.9 Å². The number of nitrogens with one attached hydrogen (secondary N) is 1. The standard InChI is InChI=1S/C13H17Cl2NO/c1-13(2)5-6-17-12(8-16-13)10-4-3-9(14)7-11(10)15/h3-4,7,12,16H,5-6,8H2,1-2H3. The van der Waals surface area contributed by atoms with Gasteiger partial charge in [0.2, 0.25) is 0 Å². The van der Waals surface area contributed by atoms with E-state index in [-0.39, 0.29) is 11.6 Å². The summed E-state index contributed by atoms with van der Waals surface area (Å²) in [7, 11) is 0. The van der Waals surface area contributed by atoms with Gasteiger partial charge in [0.1, 0.15) is 0 Å². The first-order valence-electron chi connectivity index (χ1n) is 5.79. The summed E-state index contributed by atoms with van der Waals surface area (Å²) >= 11 is 12.1. The van der Waals surface area contributed by atoms with Crippen molar-refractivity contribution in [3.8, 4) is 0 Å². The van der Waals surface area contributed by atoms with Gasteiger partial charge in [-0.3, -0.25) is 0 Å². The molecule has 0 aliphatic carbocycles. The zero-order chi connectivity index (χ0) is 12.5. The van der Waals surface area contributed by atoms with Crippen molar-refractivity contribution >= 4 is 23.2 Å². The third kappa shape index (κ3) is 3.35. The van der Waals surface area contributed by atoms with Gasteiger partial charge in [0.25, 0.3) is 0 Å². The quantitative estimate of drug-likeness (QED) is 0.840. The lowest BCUT2D eigenvalue weighted by atomic mass is 10.0. The summed E-state index contributed by atoms with van der Waals surface area (Å²) in [6.07, 6.45) is 0.996. The summed E-state index contributed by atoms with van der Waals surface area (Å²) in [6.45, 7) is 5.88. The van der Waals surface area contributed by atoms with Crippen LogP contribution in [0, 0.1) is 0 Å². The Morgan fingerprint density at radius 1 is 1.35 bits per heavy atom. The lowest BCUT2D eigenvalue weighted by Crippen LogP contribution is -2.39. The third-order valence-corrected chi connectivity index (χ3v) is 3.68. The first kappa shape index (κ1) is 13.2. The van der Waals surface area contributed by atoms with Gasteiger partial charge < -0.3 is 10.1 Å². The molecule has 94 valence electrons. The summed E-state index contributed by atoms with van der Waals surface area (Å²) in [5.74, 6) is 0. The van der Waals surface area contributed by atoms with Crippen LogP contribution in [0.15, 0.2) is 18.2 Å². The van der Waals surface area contributed by atoms with Crippen molar-refractivity contribution < 1.29 is 4.74 Å². The van der Waals surface area contributed by atoms with Gasteiger partial charge in [-0.05, 0) is 32.4 Å². The summed E-state index contributed by atoms with van der Waals surface area (Å²) in [5, 5.41) is 4.82. The highest BCUT2D eigenvalue weighted by molar-refractivity contribution is 6.35. The van der Waals surface area contributed by atoms with Gasteiger partial charge >= 0.3 is 0 Å². The molecule has 0 radical (unpaired) electrons. The molecule has 1 N–H and O–H groups in total. The molecule has 0 spiro atoms. The van der Waals surface area contributed by atoms with Gasteiger partial charge in [-0.25, -0.2) is 0 Å². The van der Waals surface area contributed by atoms with Crippen LogP contribution in [0.5, 0.6) is 0 Å². The predicted molar refractivity (Wildman–Crippen MR) is 71.9 cm³/mol. The maximum atomic E-state index is 6.19. The summed E-state index contributed by atoms with van der Waals surface area (Å²) in [5.41, 5.74) is 1.12. The first-order valence-corrected chi connectivity index (χ1v) is 6.55. The predicted octanol–water partition coefficient (Wildman–Crippen LogP) is 3.82. The van der Waals surface area contributed by atoms with E-state index in [1.807, 2.05) is 12.1 Å². The van der Waals surface area contributed by atoms with Gasteiger partial charge in [0, 0.05) is 34.3 Å². The zero-order valence-corrected chi connectivity index (χ0v) is 11.6. The Morgan fingerprint density at radius 2 is 2.12 bits per heavy atom. The van der Waals surface area contributed by atoms with Gasteiger partial charge in [0.05, 0.1) is 6.10 Å². The Labute approximate surface area is 112 Å². The smallest absolute Gasteiger partial charge is 0.0963 e. The van der Waals surface area contributed by atoms with Crippen molar-refractivity contribution in [3.05, 3.63) is 33.8 Å². The highest BCUT2D eigenvalue weighted by atomic mass is 35.5. The van der Waals surface area contributed by atoms with E-state index in [2.05, 4.69) is 19.2 Å². The van der Waals surface area contributed by atoms with Crippen LogP contribution in [-0.4, -0.2) is 18.7 Å². The van der Waals surface area contributed by atoms with Gasteiger partial charge in [-0.15, -0.1) is 0 Å². The monoisotopic (exact) mass is 273 g/mol. The Kier molecular flexibility index (Phi) is 3.99. The topological polar surface area (TPSA) is 21.3 Å². The molecule has 1 aromatic rings. The maximum absolute atomic E-state index is 6.19. The lowest BCUT2D eigenvalue weighted by Gasteiger charge is -2.23. The number of halogens is 2. The molecule has 2 nitrogen and oxygen atoms in total. The number of hydrogen-bond donors (Lipinski definition) is 1. The molecular formula is C13H17Cl2NO. The number of ether oxygens (including phenoxy) is 1. The van der Waals surface area contributed by atoms with Crippen molar-refractivity contribution in [1.29, 1.82) is 0 Å². The molecule has 1 fully saturated rings. The van der Waals surface area contributed by atoms with E-state index in [4.69, 9.17) is 27.9 Å². The molecule has 1 atom stereocenters. The van der Waals surface area contributed by atoms with E-state index in [1.165, 1.54) is 0 Å². The average Bonchev–Trinajstić information content (AvgIpc) is 2.40. The van der Waals surface area contributed by atoms with E-state index >= 15 is 0 Å². The Hall–Kier alpha value is -0.280. The van der Waals surface area contributed by atoms with Crippen LogP contribution in [0.3, 0.4) is 0 Å². The molecule has 1 heterocycles. The van der Waals surface area contributed by atoms with Crippen LogP contribution in [0.4, 0.5) is 0 Å². The minimum atomic E-state index is 0.00143. The fourth-order valence-electron chi connectivity index (χ4n) is 1.94. The van der Waals surface area contributed by atoms with Crippen LogP contribution in [-0.2, 0) is 4.74 Å². The Morgan fingerprint density at radius 3 is 2.82 bits per heavy atom. The zero-order valence-electron chi connectivity index (χ0n) is 10.1. The Bertz CT molecular complexity index is 406. The molecular weight excluding hydrogens is 257 g/mol. The largest absolute Gasteiger partial charge is 0.372 e. The highest BCUT2D eigenvalue weighted by Crippen LogP contribution is 2.30. The van der Waals surface area contributed by atoms with Crippen molar-refractivity contribution in [2.75, 3.05) is 13.2 Å². The number of rotatable bonds is 1. The van der Waals surface area contributed by atoms with E-state index in [0.717, 1.165) is 25.1 Å². The van der Waals surface area contributed by atoms with E-state index in [9.17, 15) is 0 Å². The van der Waals surface area contributed by atoms with Crippen LogP contribution >= 0.6 is 23.2 Å². The van der Waals surface area contributed by atoms with Crippen molar-refractivity contribution in [1.82, 2.24) is 5.32 Å². The molecule has 1 aliphatic rings. The van der Waals surface area contributed by atoms with Crippen molar-refractivity contribution in [2.24, 2.45) is 0 Å². The molecule has 1 unspecified atom stereocenters. The molecule has 0 aromatic heterocycles. The van der Waals surface area contributed by atoms with E-state index < -0.39 is 0 Å². The van der Waals surface area contributed by atoms with Crippen LogP contribution < -0.4 is 5.32 Å². The highest BCUT2D eigenvalue weighted by Gasteiger charge is 2.25. The Balaban J connectivity index is 2.17. The van der Waals surface area contributed by atoms with Crippen LogP contribution in [0.2, 0.25) is 10.0 Å². The maximum Gasteiger partial charge on any atom is 0.0963 e. The molecule has 0 bridgehead atoms. The third-order valence-electron chi connectivity index (χ3n) is 3.12. The van der Waals surface area contributed by atoms with Gasteiger partial charge in [0.15, 0.2) is 0 Å². The van der Waals surface area contributed by atoms with Gasteiger partial charge in [-0.2, -0.15) is 0 Å². The fraction of sp³-hybridized carbons (Fsp3) is 0.538. The molecule has 17 heavy (non-hydrogen) atoms. The molecule has 1 saturated heterocycles. The van der Waals surface area contributed by atoms with E-state index in [1.54, 1.807) is 6.07 Å². The minimum Gasteiger partial charge on any atom is -0.372 e. The van der Waals surface area contributed by atoms with Gasteiger partial charge in [-0.1, -0.05) is 29.3 Å². The lowest BCUT2D eigenvalue weighted by molar-refractivity contribution is 0.0657. The van der Waals surface area contributed by atoms with Crippen molar-refractivity contribution in [2.45, 2.75) is 31.9 Å². The second-order valence-corrected chi connectivity index (χ2v) is 5.88. The summed E-state index contributed by atoms with van der Waals surface area (Å²) in [4.78, 5) is 0. The van der Waals surface area contributed by atoms with Crippen LogP contribution in [0.25, 0.3) is 0 Å². The SMILES string of the molecule is CC1(C)CCOC(c2ccc(Cl)cc2Cl)CN1. The average molecular weight is 274 g/mol. The molecule has 0 saturated carbocycles. The second kappa shape index (κ2) is 5.15. The fourth-order valence-corrected chi connectivity index (χ4v) is 2.47. The molecule has 4 heteroatoms. The number of hydrogen-bond acceptors (Lipinski definition) is 2. The first-order chi connectivity index (χ1) is 7.98. The summed E-state index contributed by atoms with van der Waals surface area (Å²) in [6, 6.07) is 5.55. The molecule has 1 aromatic carbocycles. The molecule has 0 amide bonds. The van der Waals surface area contributed by atoms with Crippen molar-refractivity contribution in [3.63, 3.8) is 0 Å². The normalized spacial score (nSPS) is 24.4. The van der Waals surface area contributed by atoms with E-state index in [0.29, 0.717) is 10.0 Å². The molecule has 1 aliphatic heterocycles. The summed E-state index contributed by atoms with van der Waals surface area (Å²) < 4.78 is 5.86.